The number of amidine groups is 1. The number of ether oxygens (including phenoxy) is 1. The van der Waals surface area contributed by atoms with E-state index in [-0.39, 0.29) is 11.5 Å². The average molecular weight is 514 g/mol. The number of hydrogen-bond donors (Lipinski definition) is 4. The van der Waals surface area contributed by atoms with Crippen LogP contribution in [0, 0.1) is 5.82 Å². The lowest BCUT2D eigenvalue weighted by Crippen LogP contribution is -2.57. The van der Waals surface area contributed by atoms with Gasteiger partial charge in [0.05, 0.1) is 19.1 Å². The van der Waals surface area contributed by atoms with Crippen LogP contribution in [0.25, 0.3) is 10.9 Å². The van der Waals surface area contributed by atoms with E-state index in [4.69, 9.17) is 10.5 Å². The molecule has 1 aromatic carbocycles. The van der Waals surface area contributed by atoms with Crippen LogP contribution in [0.15, 0.2) is 47.7 Å². The van der Waals surface area contributed by atoms with Gasteiger partial charge in [0, 0.05) is 22.8 Å². The van der Waals surface area contributed by atoms with E-state index >= 15 is 0 Å². The molecule has 0 saturated heterocycles. The first-order valence-corrected chi connectivity index (χ1v) is 12.0. The number of anilines is 2. The summed E-state index contributed by atoms with van der Waals surface area (Å²) in [7, 11) is -2.49. The van der Waals surface area contributed by atoms with E-state index in [1.54, 1.807) is 12.1 Å². The molecule has 1 atom stereocenters. The Morgan fingerprint density at radius 2 is 1.86 bits per heavy atom. The number of aromatic nitrogens is 2. The van der Waals surface area contributed by atoms with Gasteiger partial charge >= 0.3 is 6.18 Å². The first-order valence-electron chi connectivity index (χ1n) is 10.3. The van der Waals surface area contributed by atoms with E-state index < -0.39 is 50.0 Å². The van der Waals surface area contributed by atoms with Gasteiger partial charge in [0.2, 0.25) is 5.54 Å². The summed E-state index contributed by atoms with van der Waals surface area (Å²) in [6.07, 6.45) is -2.26. The van der Waals surface area contributed by atoms with Crippen molar-refractivity contribution in [3.8, 4) is 5.75 Å². The van der Waals surface area contributed by atoms with Crippen LogP contribution >= 0.6 is 10.6 Å². The van der Waals surface area contributed by atoms with Crippen molar-refractivity contribution < 1.29 is 31.4 Å². The van der Waals surface area contributed by atoms with Crippen molar-refractivity contribution in [2.24, 2.45) is 10.7 Å². The van der Waals surface area contributed by atoms with Crippen LogP contribution in [0.1, 0.15) is 19.4 Å². The Balaban J connectivity index is 1.85. The Morgan fingerprint density at radius 1 is 1.14 bits per heavy atom. The molecule has 8 nitrogen and oxygen atoms in total. The summed E-state index contributed by atoms with van der Waals surface area (Å²) in [5.41, 5.74) is 2.04. The van der Waals surface area contributed by atoms with E-state index in [0.29, 0.717) is 16.7 Å². The molecular weight excluding hydrogens is 490 g/mol. The molecule has 3 aromatic rings. The number of benzene rings is 1. The minimum atomic E-state index is -5.19. The van der Waals surface area contributed by atoms with Gasteiger partial charge in [-0.25, -0.2) is 19.4 Å². The van der Waals surface area contributed by atoms with E-state index in [1.807, 2.05) is 0 Å². The lowest BCUT2D eigenvalue weighted by molar-refractivity contribution is -0.183. The fraction of sp³-hybridized carbons (Fsp3) is 0.318. The number of rotatable bonds is 4. The number of nitrogens with zero attached hydrogens (tertiary/aromatic N) is 3. The Bertz CT molecular complexity index is 1330. The minimum absolute atomic E-state index is 0.0535. The fourth-order valence-electron chi connectivity index (χ4n) is 3.75. The van der Waals surface area contributed by atoms with E-state index in [2.05, 4.69) is 20.3 Å². The van der Waals surface area contributed by atoms with Gasteiger partial charge < -0.3 is 15.8 Å². The lowest BCUT2D eigenvalue weighted by Gasteiger charge is -2.54. The molecule has 2 aromatic heterocycles. The maximum Gasteiger partial charge on any atom is 0.419 e. The Labute approximate surface area is 199 Å². The van der Waals surface area contributed by atoms with E-state index in [0.717, 1.165) is 12.1 Å². The highest BCUT2D eigenvalue weighted by atomic mass is 32.3. The summed E-state index contributed by atoms with van der Waals surface area (Å²) in [6, 6.07) is 6.36. The van der Waals surface area contributed by atoms with Gasteiger partial charge in [0.1, 0.15) is 27.7 Å². The molecule has 188 valence electrons. The van der Waals surface area contributed by atoms with E-state index in [9.17, 15) is 26.7 Å². The zero-order valence-electron chi connectivity index (χ0n) is 18.9. The average Bonchev–Trinajstić information content (AvgIpc) is 2.77. The molecule has 1 aliphatic rings. The third kappa shape index (κ3) is 4.02. The first kappa shape index (κ1) is 24.9. The van der Waals surface area contributed by atoms with Crippen molar-refractivity contribution in [1.29, 1.82) is 0 Å². The number of pyridine rings is 2. The molecule has 3 heterocycles. The van der Waals surface area contributed by atoms with Crippen LogP contribution in [0.5, 0.6) is 5.75 Å². The molecule has 13 heteroatoms. The molecular formula is C22H23F4N5O3S. The smallest absolute Gasteiger partial charge is 0.419 e. The summed E-state index contributed by atoms with van der Waals surface area (Å²) in [6.45, 7) is 2.56. The monoisotopic (exact) mass is 513 g/mol. The Morgan fingerprint density at radius 3 is 2.49 bits per heavy atom. The number of methoxy groups -OCH3 is 1. The van der Waals surface area contributed by atoms with Gasteiger partial charge in [-0.2, -0.15) is 23.8 Å². The SMILES string of the molecule is COc1cnc2c(Nc3ccc(F)c([C@@]4(C(F)(F)F)CS(O)(O)C(C)(C)C(N)=N4)c3)nccc2c1. The van der Waals surface area contributed by atoms with Crippen molar-refractivity contribution in [3.63, 3.8) is 0 Å². The molecule has 5 N–H and O–H groups in total. The third-order valence-corrected chi connectivity index (χ3v) is 8.77. The number of aliphatic imine (C=N–C) groups is 1. The normalized spacial score (nSPS) is 22.4. The molecule has 0 amide bonds. The summed E-state index contributed by atoms with van der Waals surface area (Å²) >= 11 is 0. The molecule has 0 spiro atoms. The zero-order valence-corrected chi connectivity index (χ0v) is 19.7. The maximum absolute atomic E-state index is 14.9. The second-order valence-electron chi connectivity index (χ2n) is 8.60. The number of nitrogens with two attached hydrogens (primary N) is 1. The van der Waals surface area contributed by atoms with Gasteiger partial charge in [-0.3, -0.25) is 9.11 Å². The standard InChI is InChI=1S/C22H23F4N5O3S/c1-20(2)19(27)31-21(22(24,25)26,11-35(20,32)33)15-9-13(4-5-16(15)23)30-18-17-12(6-7-28-18)8-14(34-3)10-29-17/h4-10,32-33H,11H2,1-3H3,(H2,27,31)(H,28,30)/t21-/m1/s1. The molecule has 0 saturated carbocycles. The van der Waals surface area contributed by atoms with Crippen molar-refractivity contribution in [1.82, 2.24) is 9.97 Å². The number of hydrogen-bond acceptors (Lipinski definition) is 8. The molecule has 0 aliphatic carbocycles. The van der Waals surface area contributed by atoms with Crippen LogP contribution in [-0.4, -0.2) is 48.7 Å². The zero-order chi connectivity index (χ0) is 25.8. The predicted molar refractivity (Wildman–Crippen MR) is 127 cm³/mol. The van der Waals surface area contributed by atoms with Gasteiger partial charge in [0.15, 0.2) is 5.82 Å². The number of halogens is 4. The summed E-state index contributed by atoms with van der Waals surface area (Å²) < 4.78 is 83.1. The highest BCUT2D eigenvalue weighted by Gasteiger charge is 2.64. The fourth-order valence-corrected chi connectivity index (χ4v) is 5.45. The number of nitrogens with one attached hydrogen (secondary N) is 1. The van der Waals surface area contributed by atoms with E-state index in [1.165, 1.54) is 39.4 Å². The highest BCUT2D eigenvalue weighted by molar-refractivity contribution is 8.26. The van der Waals surface area contributed by atoms with Crippen LogP contribution in [0.4, 0.5) is 29.1 Å². The third-order valence-electron chi connectivity index (χ3n) is 6.11. The molecule has 0 radical (unpaired) electrons. The Hall–Kier alpha value is -3.16. The van der Waals surface area contributed by atoms with Crippen molar-refractivity contribution in [2.75, 3.05) is 18.2 Å². The maximum atomic E-state index is 14.9. The quantitative estimate of drug-likeness (QED) is 0.354. The van der Waals surface area contributed by atoms with Gasteiger partial charge in [-0.1, -0.05) is 0 Å². The second kappa shape index (κ2) is 8.21. The summed E-state index contributed by atoms with van der Waals surface area (Å²) in [4.78, 5) is 12.1. The highest BCUT2D eigenvalue weighted by Crippen LogP contribution is 2.62. The molecule has 35 heavy (non-hydrogen) atoms. The topological polar surface area (TPSA) is 126 Å². The van der Waals surface area contributed by atoms with Gasteiger partial charge in [0.25, 0.3) is 0 Å². The van der Waals surface area contributed by atoms with Crippen LogP contribution < -0.4 is 15.8 Å². The Kier molecular flexibility index (Phi) is 5.85. The van der Waals surface area contributed by atoms with Crippen molar-refractivity contribution in [2.45, 2.75) is 30.3 Å². The van der Waals surface area contributed by atoms with Crippen LogP contribution in [0.2, 0.25) is 0 Å². The molecule has 0 unspecified atom stereocenters. The number of alkyl halides is 3. The molecule has 4 rings (SSSR count). The second-order valence-corrected chi connectivity index (χ2v) is 11.2. The van der Waals surface area contributed by atoms with Crippen LogP contribution in [-0.2, 0) is 5.54 Å². The van der Waals surface area contributed by atoms with Crippen molar-refractivity contribution >= 4 is 38.8 Å². The predicted octanol–water partition coefficient (Wildman–Crippen LogP) is 5.18. The van der Waals surface area contributed by atoms with Gasteiger partial charge in [-0.05, 0) is 44.2 Å². The van der Waals surface area contributed by atoms with Crippen LogP contribution in [0.3, 0.4) is 0 Å². The van der Waals surface area contributed by atoms with Crippen molar-refractivity contribution in [3.05, 3.63) is 54.1 Å². The minimum Gasteiger partial charge on any atom is -0.495 e. The molecule has 0 bridgehead atoms. The summed E-state index contributed by atoms with van der Waals surface area (Å²) in [5, 5.41) is 3.51. The first-order chi connectivity index (χ1) is 16.2. The molecule has 1 aliphatic heterocycles. The molecule has 0 fully saturated rings. The summed E-state index contributed by atoms with van der Waals surface area (Å²) in [5.74, 6) is -2.42. The van der Waals surface area contributed by atoms with Gasteiger partial charge in [-0.15, -0.1) is 0 Å². The largest absolute Gasteiger partial charge is 0.495 e. The lowest BCUT2D eigenvalue weighted by atomic mass is 9.89. The number of fused-ring (bicyclic) bond motifs is 1.